The van der Waals surface area contributed by atoms with Crippen LogP contribution in [0.25, 0.3) is 0 Å². The zero-order valence-electron chi connectivity index (χ0n) is 7.63. The summed E-state index contributed by atoms with van der Waals surface area (Å²) < 4.78 is 0. The molecule has 0 unspecified atom stereocenters. The molecule has 0 heterocycles. The minimum absolute atomic E-state index is 0.00111. The van der Waals surface area contributed by atoms with Gasteiger partial charge in [0.15, 0.2) is 11.5 Å². The lowest BCUT2D eigenvalue weighted by atomic mass is 10.00. The molecule has 0 saturated heterocycles. The van der Waals surface area contributed by atoms with E-state index in [2.05, 4.69) is 0 Å². The highest BCUT2D eigenvalue weighted by Crippen LogP contribution is 2.35. The Labute approximate surface area is 72.5 Å². The molecule has 0 atom stereocenters. The van der Waals surface area contributed by atoms with Gasteiger partial charge < -0.3 is 10.2 Å². The molecule has 2 heteroatoms. The summed E-state index contributed by atoms with van der Waals surface area (Å²) in [5, 5.41) is 18.9. The zero-order valence-corrected chi connectivity index (χ0v) is 7.63. The quantitative estimate of drug-likeness (QED) is 0.629. The van der Waals surface area contributed by atoms with Crippen molar-refractivity contribution in [2.45, 2.75) is 26.7 Å². The van der Waals surface area contributed by atoms with Crippen molar-refractivity contribution in [1.82, 2.24) is 0 Å². The average molecular weight is 166 g/mol. The Kier molecular flexibility index (Phi) is 2.27. The summed E-state index contributed by atoms with van der Waals surface area (Å²) in [6, 6.07) is 3.65. The fraction of sp³-hybridized carbons (Fsp3) is 0.400. The first kappa shape index (κ1) is 8.91. The second-order valence-corrected chi connectivity index (χ2v) is 3.32. The van der Waals surface area contributed by atoms with Gasteiger partial charge in [-0.25, -0.2) is 0 Å². The van der Waals surface area contributed by atoms with E-state index in [9.17, 15) is 10.2 Å². The maximum Gasteiger partial charge on any atom is 0.161 e. The highest BCUT2D eigenvalue weighted by Gasteiger charge is 2.10. The van der Waals surface area contributed by atoms with E-state index in [1.807, 2.05) is 26.0 Å². The Bertz CT molecular complexity index is 290. The van der Waals surface area contributed by atoms with Crippen LogP contribution in [-0.2, 0) is 0 Å². The molecular formula is C10H14O2. The zero-order chi connectivity index (χ0) is 9.30. The standard InChI is InChI=1S/C10H14O2/c1-6(2)8-5-4-7(3)9(11)10(8)12/h4-6,11-12H,1-3H3. The summed E-state index contributed by atoms with van der Waals surface area (Å²) in [6.07, 6.45) is 0. The molecule has 0 aliphatic heterocycles. The lowest BCUT2D eigenvalue weighted by Crippen LogP contribution is -1.89. The molecule has 0 radical (unpaired) electrons. The van der Waals surface area contributed by atoms with Gasteiger partial charge in [0.2, 0.25) is 0 Å². The van der Waals surface area contributed by atoms with Crippen LogP contribution in [0, 0.1) is 6.92 Å². The minimum Gasteiger partial charge on any atom is -0.504 e. The van der Waals surface area contributed by atoms with Crippen molar-refractivity contribution >= 4 is 0 Å². The summed E-state index contributed by atoms with van der Waals surface area (Å²) in [7, 11) is 0. The number of benzene rings is 1. The van der Waals surface area contributed by atoms with E-state index >= 15 is 0 Å². The topological polar surface area (TPSA) is 40.5 Å². The lowest BCUT2D eigenvalue weighted by molar-refractivity contribution is 0.395. The highest BCUT2D eigenvalue weighted by atomic mass is 16.3. The summed E-state index contributed by atoms with van der Waals surface area (Å²) in [4.78, 5) is 0. The van der Waals surface area contributed by atoms with Crippen molar-refractivity contribution in [3.63, 3.8) is 0 Å². The van der Waals surface area contributed by atoms with Gasteiger partial charge in [0.05, 0.1) is 0 Å². The van der Waals surface area contributed by atoms with Crippen LogP contribution >= 0.6 is 0 Å². The third-order valence-electron chi connectivity index (χ3n) is 2.01. The van der Waals surface area contributed by atoms with Gasteiger partial charge in [-0.05, 0) is 18.4 Å². The Hall–Kier alpha value is -1.18. The van der Waals surface area contributed by atoms with Gasteiger partial charge in [-0.15, -0.1) is 0 Å². The second-order valence-electron chi connectivity index (χ2n) is 3.32. The number of rotatable bonds is 1. The Morgan fingerprint density at radius 3 is 2.17 bits per heavy atom. The molecule has 2 nitrogen and oxygen atoms in total. The molecule has 0 aliphatic rings. The number of hydrogen-bond donors (Lipinski definition) is 2. The maximum absolute atomic E-state index is 9.50. The minimum atomic E-state index is 0.00111. The number of aromatic hydroxyl groups is 2. The first-order chi connectivity index (χ1) is 5.54. The van der Waals surface area contributed by atoms with Gasteiger partial charge in [-0.2, -0.15) is 0 Å². The third-order valence-corrected chi connectivity index (χ3v) is 2.01. The van der Waals surface area contributed by atoms with E-state index in [1.165, 1.54) is 0 Å². The van der Waals surface area contributed by atoms with Crippen molar-refractivity contribution in [2.75, 3.05) is 0 Å². The van der Waals surface area contributed by atoms with Gasteiger partial charge in [0.1, 0.15) is 0 Å². The molecule has 0 aromatic heterocycles. The van der Waals surface area contributed by atoms with Gasteiger partial charge in [-0.3, -0.25) is 0 Å². The molecule has 12 heavy (non-hydrogen) atoms. The van der Waals surface area contributed by atoms with Crippen molar-refractivity contribution < 1.29 is 10.2 Å². The highest BCUT2D eigenvalue weighted by molar-refractivity contribution is 5.50. The van der Waals surface area contributed by atoms with Crippen molar-refractivity contribution in [1.29, 1.82) is 0 Å². The van der Waals surface area contributed by atoms with Crippen molar-refractivity contribution in [2.24, 2.45) is 0 Å². The van der Waals surface area contributed by atoms with Gasteiger partial charge in [-0.1, -0.05) is 26.0 Å². The van der Waals surface area contributed by atoms with Crippen molar-refractivity contribution in [3.8, 4) is 11.5 Å². The Morgan fingerprint density at radius 2 is 1.67 bits per heavy atom. The molecule has 1 aromatic carbocycles. The van der Waals surface area contributed by atoms with Gasteiger partial charge in [0.25, 0.3) is 0 Å². The van der Waals surface area contributed by atoms with E-state index < -0.39 is 0 Å². The Balaban J connectivity index is 3.27. The van der Waals surface area contributed by atoms with Crippen LogP contribution in [0.2, 0.25) is 0 Å². The summed E-state index contributed by atoms with van der Waals surface area (Å²) in [5.41, 5.74) is 1.50. The number of hydrogen-bond acceptors (Lipinski definition) is 2. The van der Waals surface area contributed by atoms with E-state index in [0.717, 1.165) is 5.56 Å². The van der Waals surface area contributed by atoms with Crippen LogP contribution < -0.4 is 0 Å². The molecule has 0 bridgehead atoms. The van der Waals surface area contributed by atoms with E-state index in [0.29, 0.717) is 5.56 Å². The van der Waals surface area contributed by atoms with E-state index in [1.54, 1.807) is 6.92 Å². The monoisotopic (exact) mass is 166 g/mol. The molecular weight excluding hydrogens is 152 g/mol. The number of phenolic OH excluding ortho intramolecular Hbond substituents is 2. The lowest BCUT2D eigenvalue weighted by Gasteiger charge is -2.10. The first-order valence-corrected chi connectivity index (χ1v) is 4.05. The van der Waals surface area contributed by atoms with Crippen LogP contribution in [0.5, 0.6) is 11.5 Å². The van der Waals surface area contributed by atoms with E-state index in [4.69, 9.17) is 0 Å². The van der Waals surface area contributed by atoms with Gasteiger partial charge >= 0.3 is 0 Å². The molecule has 0 fully saturated rings. The molecule has 0 aliphatic carbocycles. The molecule has 0 amide bonds. The Morgan fingerprint density at radius 1 is 1.08 bits per heavy atom. The fourth-order valence-corrected chi connectivity index (χ4v) is 1.16. The maximum atomic E-state index is 9.50. The van der Waals surface area contributed by atoms with Crippen LogP contribution in [-0.4, -0.2) is 10.2 Å². The smallest absolute Gasteiger partial charge is 0.161 e. The number of phenols is 2. The molecule has 0 spiro atoms. The SMILES string of the molecule is Cc1ccc(C(C)C)c(O)c1O. The summed E-state index contributed by atoms with van der Waals surface area (Å²) in [5.74, 6) is 0.253. The number of aryl methyl sites for hydroxylation is 1. The third kappa shape index (κ3) is 1.37. The van der Waals surface area contributed by atoms with Crippen LogP contribution in [0.15, 0.2) is 12.1 Å². The van der Waals surface area contributed by atoms with E-state index in [-0.39, 0.29) is 17.4 Å². The normalized spacial score (nSPS) is 10.7. The largest absolute Gasteiger partial charge is 0.504 e. The average Bonchev–Trinajstić information content (AvgIpc) is 2.00. The summed E-state index contributed by atoms with van der Waals surface area (Å²) in [6.45, 7) is 5.72. The van der Waals surface area contributed by atoms with Crippen molar-refractivity contribution in [3.05, 3.63) is 23.3 Å². The molecule has 2 N–H and O–H groups in total. The van der Waals surface area contributed by atoms with Crippen LogP contribution in [0.3, 0.4) is 0 Å². The molecule has 0 saturated carbocycles. The van der Waals surface area contributed by atoms with Crippen LogP contribution in [0.1, 0.15) is 30.9 Å². The predicted molar refractivity (Wildman–Crippen MR) is 48.6 cm³/mol. The summed E-state index contributed by atoms with van der Waals surface area (Å²) >= 11 is 0. The molecule has 1 aromatic rings. The molecule has 1 rings (SSSR count). The first-order valence-electron chi connectivity index (χ1n) is 4.05. The second kappa shape index (κ2) is 3.05. The van der Waals surface area contributed by atoms with Crippen LogP contribution in [0.4, 0.5) is 0 Å². The predicted octanol–water partition coefficient (Wildman–Crippen LogP) is 2.53. The van der Waals surface area contributed by atoms with Gasteiger partial charge in [0, 0.05) is 5.56 Å². The molecule has 66 valence electrons. The fourth-order valence-electron chi connectivity index (χ4n) is 1.16.